The van der Waals surface area contributed by atoms with Crippen molar-refractivity contribution in [1.82, 2.24) is 10.6 Å². The van der Waals surface area contributed by atoms with Crippen LogP contribution >= 0.6 is 11.6 Å². The highest BCUT2D eigenvalue weighted by Crippen LogP contribution is 2.34. The molecule has 0 radical (unpaired) electrons. The van der Waals surface area contributed by atoms with Crippen molar-refractivity contribution in [3.05, 3.63) is 64.3 Å². The largest absolute Gasteiger partial charge is 0.493 e. The fourth-order valence-electron chi connectivity index (χ4n) is 3.01. The Morgan fingerprint density at radius 2 is 1.75 bits per heavy atom. The predicted octanol–water partition coefficient (Wildman–Crippen LogP) is 3.62. The van der Waals surface area contributed by atoms with E-state index < -0.39 is 6.04 Å². The van der Waals surface area contributed by atoms with Crippen molar-refractivity contribution in [2.75, 3.05) is 19.5 Å². The maximum absolute atomic E-state index is 13.0. The Kier molecular flexibility index (Phi) is 5.75. The summed E-state index contributed by atoms with van der Waals surface area (Å²) < 4.78 is 10.6. The number of benzene rings is 2. The van der Waals surface area contributed by atoms with Crippen molar-refractivity contribution in [2.45, 2.75) is 13.0 Å². The van der Waals surface area contributed by atoms with E-state index in [9.17, 15) is 9.59 Å². The number of ether oxygens (including phenoxy) is 2. The predicted molar refractivity (Wildman–Crippen MR) is 107 cm³/mol. The van der Waals surface area contributed by atoms with Gasteiger partial charge in [0, 0.05) is 16.4 Å². The number of hydrogen-bond acceptors (Lipinski definition) is 4. The van der Waals surface area contributed by atoms with E-state index in [1.807, 2.05) is 0 Å². The number of halogens is 1. The molecule has 8 heteroatoms. The molecule has 28 heavy (non-hydrogen) atoms. The van der Waals surface area contributed by atoms with E-state index in [0.29, 0.717) is 39.0 Å². The van der Waals surface area contributed by atoms with E-state index in [4.69, 9.17) is 21.1 Å². The van der Waals surface area contributed by atoms with Crippen LogP contribution in [0, 0.1) is 0 Å². The summed E-state index contributed by atoms with van der Waals surface area (Å²) in [6, 6.07) is 11.0. The minimum absolute atomic E-state index is 0.341. The lowest BCUT2D eigenvalue weighted by molar-refractivity contribution is -0.113. The molecular weight excluding hydrogens is 382 g/mol. The standard InChI is InChI=1S/C20H20ClN3O4/c1-11-17(19(25)23-14-7-5-13(21)6-8-14)18(24-20(26)22-11)12-4-9-15(27-2)16(10-12)28-3/h4-10,18H,1-3H3,(H,23,25)(H2,22,24,26)/t18-/m1/s1. The molecular formula is C20H20ClN3O4. The first-order valence-corrected chi connectivity index (χ1v) is 8.88. The summed E-state index contributed by atoms with van der Waals surface area (Å²) in [6.45, 7) is 1.68. The van der Waals surface area contributed by atoms with Gasteiger partial charge in [0.2, 0.25) is 0 Å². The molecule has 0 fully saturated rings. The molecule has 1 aliphatic heterocycles. The summed E-state index contributed by atoms with van der Waals surface area (Å²) in [6.07, 6.45) is 0. The summed E-state index contributed by atoms with van der Waals surface area (Å²) in [4.78, 5) is 25.0. The Hall–Kier alpha value is -3.19. The van der Waals surface area contributed by atoms with Gasteiger partial charge in [-0.1, -0.05) is 17.7 Å². The fourth-order valence-corrected chi connectivity index (χ4v) is 3.13. The highest BCUT2D eigenvalue weighted by molar-refractivity contribution is 6.30. The second kappa shape index (κ2) is 8.22. The topological polar surface area (TPSA) is 88.7 Å². The molecule has 1 aliphatic rings. The lowest BCUT2D eigenvalue weighted by Crippen LogP contribution is -2.45. The van der Waals surface area contributed by atoms with E-state index in [1.54, 1.807) is 56.5 Å². The average molecular weight is 402 g/mol. The normalized spacial score (nSPS) is 16.1. The smallest absolute Gasteiger partial charge is 0.319 e. The monoisotopic (exact) mass is 401 g/mol. The maximum atomic E-state index is 13.0. The van der Waals surface area contributed by atoms with Crippen LogP contribution in [0.3, 0.4) is 0 Å². The van der Waals surface area contributed by atoms with Gasteiger partial charge in [0.1, 0.15) is 0 Å². The molecule has 1 atom stereocenters. The highest BCUT2D eigenvalue weighted by Gasteiger charge is 2.31. The lowest BCUT2D eigenvalue weighted by Gasteiger charge is -2.29. The summed E-state index contributed by atoms with van der Waals surface area (Å²) >= 11 is 5.89. The van der Waals surface area contributed by atoms with Crippen molar-refractivity contribution >= 4 is 29.2 Å². The van der Waals surface area contributed by atoms with Crippen LogP contribution in [-0.4, -0.2) is 26.2 Å². The number of hydrogen-bond donors (Lipinski definition) is 3. The molecule has 3 N–H and O–H groups in total. The van der Waals surface area contributed by atoms with Gasteiger partial charge in [0.05, 0.1) is 25.8 Å². The minimum Gasteiger partial charge on any atom is -0.493 e. The molecule has 3 amide bonds. The quantitative estimate of drug-likeness (QED) is 0.713. The number of carbonyl (C=O) groups is 2. The zero-order valence-electron chi connectivity index (χ0n) is 15.6. The van der Waals surface area contributed by atoms with Crippen LogP contribution in [-0.2, 0) is 4.79 Å². The van der Waals surface area contributed by atoms with Gasteiger partial charge in [0.15, 0.2) is 11.5 Å². The molecule has 3 rings (SSSR count). The molecule has 2 aromatic rings. The second-order valence-corrected chi connectivity index (χ2v) is 6.58. The zero-order chi connectivity index (χ0) is 20.3. The average Bonchev–Trinajstić information content (AvgIpc) is 2.68. The molecule has 1 heterocycles. The second-order valence-electron chi connectivity index (χ2n) is 6.15. The van der Waals surface area contributed by atoms with Gasteiger partial charge < -0.3 is 25.4 Å². The van der Waals surface area contributed by atoms with Gasteiger partial charge in [-0.2, -0.15) is 0 Å². The third-order valence-electron chi connectivity index (χ3n) is 4.36. The number of nitrogens with one attached hydrogen (secondary N) is 3. The molecule has 146 valence electrons. The summed E-state index contributed by atoms with van der Waals surface area (Å²) in [5.41, 5.74) is 2.14. The van der Waals surface area contributed by atoms with Gasteiger partial charge in [0.25, 0.3) is 5.91 Å². The van der Waals surface area contributed by atoms with Gasteiger partial charge in [-0.05, 0) is 48.9 Å². The lowest BCUT2D eigenvalue weighted by atomic mass is 9.94. The number of anilines is 1. The zero-order valence-corrected chi connectivity index (χ0v) is 16.4. The van der Waals surface area contributed by atoms with Crippen LogP contribution in [0.1, 0.15) is 18.5 Å². The van der Waals surface area contributed by atoms with Crippen LogP contribution < -0.4 is 25.4 Å². The van der Waals surface area contributed by atoms with Gasteiger partial charge in [-0.25, -0.2) is 4.79 Å². The van der Waals surface area contributed by atoms with Crippen molar-refractivity contribution in [1.29, 1.82) is 0 Å². The first-order chi connectivity index (χ1) is 13.4. The Balaban J connectivity index is 1.96. The number of amides is 3. The van der Waals surface area contributed by atoms with Gasteiger partial charge in [-0.3, -0.25) is 4.79 Å². The SMILES string of the molecule is COc1ccc([C@H]2NC(=O)NC(C)=C2C(=O)Nc2ccc(Cl)cc2)cc1OC. The van der Waals surface area contributed by atoms with E-state index >= 15 is 0 Å². The van der Waals surface area contributed by atoms with Crippen LogP contribution in [0.4, 0.5) is 10.5 Å². The first-order valence-electron chi connectivity index (χ1n) is 8.50. The van der Waals surface area contributed by atoms with Crippen molar-refractivity contribution in [3.63, 3.8) is 0 Å². The molecule has 0 unspecified atom stereocenters. The molecule has 0 bridgehead atoms. The summed E-state index contributed by atoms with van der Waals surface area (Å²) in [7, 11) is 3.07. The van der Waals surface area contributed by atoms with Crippen molar-refractivity contribution in [3.8, 4) is 11.5 Å². The first kappa shape index (κ1) is 19.6. The Morgan fingerprint density at radius 3 is 2.39 bits per heavy atom. The molecule has 0 saturated carbocycles. The summed E-state index contributed by atoms with van der Waals surface area (Å²) in [5, 5.41) is 8.84. The van der Waals surface area contributed by atoms with Gasteiger partial charge in [-0.15, -0.1) is 0 Å². The van der Waals surface area contributed by atoms with Crippen LogP contribution in [0.2, 0.25) is 5.02 Å². The number of carbonyl (C=O) groups excluding carboxylic acids is 2. The highest BCUT2D eigenvalue weighted by atomic mass is 35.5. The van der Waals surface area contributed by atoms with Crippen molar-refractivity contribution < 1.29 is 19.1 Å². The number of rotatable bonds is 5. The third-order valence-corrected chi connectivity index (χ3v) is 4.61. The third kappa shape index (κ3) is 4.04. The van der Waals surface area contributed by atoms with Crippen LogP contribution in [0.25, 0.3) is 0 Å². The van der Waals surface area contributed by atoms with E-state index in [2.05, 4.69) is 16.0 Å². The molecule has 0 saturated heterocycles. The van der Waals surface area contributed by atoms with Crippen LogP contribution in [0.15, 0.2) is 53.7 Å². The molecule has 7 nitrogen and oxygen atoms in total. The maximum Gasteiger partial charge on any atom is 0.319 e. The fraction of sp³-hybridized carbons (Fsp3) is 0.200. The van der Waals surface area contributed by atoms with E-state index in [1.165, 1.54) is 7.11 Å². The molecule has 0 aliphatic carbocycles. The summed E-state index contributed by atoms with van der Waals surface area (Å²) in [5.74, 6) is 0.717. The Morgan fingerprint density at radius 1 is 1.07 bits per heavy atom. The van der Waals surface area contributed by atoms with Crippen LogP contribution in [0.5, 0.6) is 11.5 Å². The molecule has 0 aromatic heterocycles. The Bertz CT molecular complexity index is 941. The number of methoxy groups -OCH3 is 2. The number of urea groups is 1. The molecule has 2 aromatic carbocycles. The van der Waals surface area contributed by atoms with Crippen molar-refractivity contribution in [2.24, 2.45) is 0 Å². The van der Waals surface area contributed by atoms with E-state index in [0.717, 1.165) is 0 Å². The molecule has 0 spiro atoms. The Labute approximate surface area is 167 Å². The van der Waals surface area contributed by atoms with Gasteiger partial charge >= 0.3 is 6.03 Å². The van der Waals surface area contributed by atoms with E-state index in [-0.39, 0.29) is 11.9 Å². The minimum atomic E-state index is -0.652. The number of allylic oxidation sites excluding steroid dienone is 1.